The predicted octanol–water partition coefficient (Wildman–Crippen LogP) is 2.99. The molecule has 1 N–H and O–H groups in total. The molecule has 1 atom stereocenters. The number of rotatable bonds is 6. The molecular formula is C12H15N3O2S2. The lowest BCUT2D eigenvalue weighted by molar-refractivity contribution is 0.0521. The summed E-state index contributed by atoms with van der Waals surface area (Å²) in [5.74, 6) is -0.0923. The van der Waals surface area contributed by atoms with Crippen molar-refractivity contribution in [1.82, 2.24) is 9.97 Å². The SMILES string of the molecule is CCOC(=O)c1ncsc1NCC(C)c1nccs1. The summed E-state index contributed by atoms with van der Waals surface area (Å²) in [6.07, 6.45) is 1.80. The number of hydrogen-bond donors (Lipinski definition) is 1. The first kappa shape index (κ1) is 14.0. The Bertz CT molecular complexity index is 525. The predicted molar refractivity (Wildman–Crippen MR) is 77.1 cm³/mol. The smallest absolute Gasteiger partial charge is 0.360 e. The van der Waals surface area contributed by atoms with Crippen LogP contribution in [-0.2, 0) is 4.74 Å². The van der Waals surface area contributed by atoms with Crippen LogP contribution in [0.5, 0.6) is 0 Å². The minimum atomic E-state index is -0.381. The van der Waals surface area contributed by atoms with Gasteiger partial charge in [0.1, 0.15) is 5.00 Å². The van der Waals surface area contributed by atoms with Crippen LogP contribution in [0.3, 0.4) is 0 Å². The topological polar surface area (TPSA) is 64.1 Å². The van der Waals surface area contributed by atoms with E-state index in [0.717, 1.165) is 10.0 Å². The Hall–Kier alpha value is -1.47. The maximum Gasteiger partial charge on any atom is 0.360 e. The Morgan fingerprint density at radius 1 is 1.47 bits per heavy atom. The summed E-state index contributed by atoms with van der Waals surface area (Å²) in [6, 6.07) is 0. The second kappa shape index (κ2) is 6.63. The average Bonchev–Trinajstić information content (AvgIpc) is 3.07. The lowest BCUT2D eigenvalue weighted by atomic mass is 10.2. The Balaban J connectivity index is 1.96. The van der Waals surface area contributed by atoms with E-state index in [4.69, 9.17) is 4.74 Å². The number of carbonyl (C=O) groups excluding carboxylic acids is 1. The average molecular weight is 297 g/mol. The maximum absolute atomic E-state index is 11.7. The van der Waals surface area contributed by atoms with Gasteiger partial charge in [-0.2, -0.15) is 0 Å². The van der Waals surface area contributed by atoms with E-state index >= 15 is 0 Å². The van der Waals surface area contributed by atoms with Crippen molar-refractivity contribution in [2.75, 3.05) is 18.5 Å². The monoisotopic (exact) mass is 297 g/mol. The molecule has 0 saturated heterocycles. The zero-order valence-electron chi connectivity index (χ0n) is 10.8. The van der Waals surface area contributed by atoms with Crippen LogP contribution < -0.4 is 5.32 Å². The molecule has 0 aliphatic carbocycles. The third kappa shape index (κ3) is 3.51. The Kier molecular flexibility index (Phi) is 4.86. The molecular weight excluding hydrogens is 282 g/mol. The van der Waals surface area contributed by atoms with Crippen LogP contribution in [0, 0.1) is 0 Å². The van der Waals surface area contributed by atoms with Crippen LogP contribution in [0.15, 0.2) is 17.1 Å². The number of nitrogens with one attached hydrogen (secondary N) is 1. The number of hydrogen-bond acceptors (Lipinski definition) is 7. The third-order valence-electron chi connectivity index (χ3n) is 2.48. The molecule has 0 spiro atoms. The Labute approximate surface area is 119 Å². The summed E-state index contributed by atoms with van der Waals surface area (Å²) >= 11 is 3.03. The minimum absolute atomic E-state index is 0.289. The van der Waals surface area contributed by atoms with Gasteiger partial charge in [0.05, 0.1) is 17.1 Å². The second-order valence-corrected chi connectivity index (χ2v) is 5.68. The molecule has 7 heteroatoms. The second-order valence-electron chi connectivity index (χ2n) is 3.90. The van der Waals surface area contributed by atoms with Crippen LogP contribution in [-0.4, -0.2) is 29.1 Å². The van der Waals surface area contributed by atoms with E-state index in [1.807, 2.05) is 5.38 Å². The van der Waals surface area contributed by atoms with Crippen LogP contribution in [0.1, 0.15) is 35.3 Å². The molecule has 2 heterocycles. The number of esters is 1. The van der Waals surface area contributed by atoms with Crippen molar-refractivity contribution in [3.8, 4) is 0 Å². The highest BCUT2D eigenvalue weighted by Crippen LogP contribution is 2.23. The van der Waals surface area contributed by atoms with Crippen LogP contribution >= 0.6 is 22.7 Å². The first-order valence-electron chi connectivity index (χ1n) is 5.96. The molecule has 102 valence electrons. The Morgan fingerprint density at radius 3 is 3.00 bits per heavy atom. The number of ether oxygens (including phenoxy) is 1. The largest absolute Gasteiger partial charge is 0.461 e. The minimum Gasteiger partial charge on any atom is -0.461 e. The van der Waals surface area contributed by atoms with E-state index in [-0.39, 0.29) is 11.9 Å². The highest BCUT2D eigenvalue weighted by atomic mass is 32.1. The van der Waals surface area contributed by atoms with Gasteiger partial charge in [0.25, 0.3) is 0 Å². The van der Waals surface area contributed by atoms with Crippen LogP contribution in [0.25, 0.3) is 0 Å². The van der Waals surface area contributed by atoms with Crippen molar-refractivity contribution in [2.45, 2.75) is 19.8 Å². The summed E-state index contributed by atoms with van der Waals surface area (Å²) in [6.45, 7) is 4.94. The van der Waals surface area contributed by atoms with Gasteiger partial charge in [0.2, 0.25) is 0 Å². The molecule has 2 rings (SSSR count). The lowest BCUT2D eigenvalue weighted by Crippen LogP contribution is -2.13. The van der Waals surface area contributed by atoms with Crippen molar-refractivity contribution in [3.05, 3.63) is 27.8 Å². The van der Waals surface area contributed by atoms with E-state index in [2.05, 4.69) is 22.2 Å². The molecule has 2 aromatic rings. The molecule has 19 heavy (non-hydrogen) atoms. The van der Waals surface area contributed by atoms with Gasteiger partial charge in [-0.3, -0.25) is 0 Å². The molecule has 0 aliphatic heterocycles. The van der Waals surface area contributed by atoms with Gasteiger partial charge in [-0.05, 0) is 6.92 Å². The quantitative estimate of drug-likeness (QED) is 0.830. The number of carbonyl (C=O) groups is 1. The normalized spacial score (nSPS) is 12.1. The first-order valence-corrected chi connectivity index (χ1v) is 7.72. The lowest BCUT2D eigenvalue weighted by Gasteiger charge is -2.10. The number of anilines is 1. The van der Waals surface area contributed by atoms with E-state index in [0.29, 0.717) is 18.8 Å². The van der Waals surface area contributed by atoms with Gasteiger partial charge >= 0.3 is 5.97 Å². The van der Waals surface area contributed by atoms with Crippen LogP contribution in [0.4, 0.5) is 5.00 Å². The van der Waals surface area contributed by atoms with Crippen molar-refractivity contribution < 1.29 is 9.53 Å². The molecule has 0 saturated carbocycles. The number of thiazole rings is 2. The summed E-state index contributed by atoms with van der Waals surface area (Å²) in [5, 5.41) is 7.03. The van der Waals surface area contributed by atoms with Gasteiger partial charge < -0.3 is 10.1 Å². The van der Waals surface area contributed by atoms with E-state index in [1.165, 1.54) is 11.3 Å². The highest BCUT2D eigenvalue weighted by Gasteiger charge is 2.17. The molecule has 0 bridgehead atoms. The third-order valence-corrected chi connectivity index (χ3v) is 4.27. The molecule has 5 nitrogen and oxygen atoms in total. The van der Waals surface area contributed by atoms with Crippen molar-refractivity contribution in [3.63, 3.8) is 0 Å². The molecule has 1 unspecified atom stereocenters. The van der Waals surface area contributed by atoms with Crippen molar-refractivity contribution >= 4 is 33.6 Å². The van der Waals surface area contributed by atoms with E-state index in [1.54, 1.807) is 30.0 Å². The zero-order valence-corrected chi connectivity index (χ0v) is 12.4. The number of nitrogens with zero attached hydrogens (tertiary/aromatic N) is 2. The maximum atomic E-state index is 11.7. The number of aromatic nitrogens is 2. The van der Waals surface area contributed by atoms with E-state index in [9.17, 15) is 4.79 Å². The van der Waals surface area contributed by atoms with Gasteiger partial charge in [0, 0.05) is 24.0 Å². The summed E-state index contributed by atoms with van der Waals surface area (Å²) < 4.78 is 4.96. The van der Waals surface area contributed by atoms with Gasteiger partial charge in [-0.25, -0.2) is 14.8 Å². The van der Waals surface area contributed by atoms with Gasteiger partial charge in [-0.15, -0.1) is 22.7 Å². The zero-order chi connectivity index (χ0) is 13.7. The van der Waals surface area contributed by atoms with Crippen molar-refractivity contribution in [1.29, 1.82) is 0 Å². The molecule has 0 aliphatic rings. The summed E-state index contributed by atoms with van der Waals surface area (Å²) in [7, 11) is 0. The molecule has 0 aromatic carbocycles. The summed E-state index contributed by atoms with van der Waals surface area (Å²) in [4.78, 5) is 20.0. The molecule has 0 fully saturated rings. The fraction of sp³-hybridized carbons (Fsp3) is 0.417. The molecule has 0 radical (unpaired) electrons. The fourth-order valence-electron chi connectivity index (χ4n) is 1.53. The first-order chi connectivity index (χ1) is 9.22. The highest BCUT2D eigenvalue weighted by molar-refractivity contribution is 7.14. The summed E-state index contributed by atoms with van der Waals surface area (Å²) in [5.41, 5.74) is 2.00. The standard InChI is InChI=1S/C12H15N3O2S2/c1-3-17-12(16)9-11(19-7-15-9)14-6-8(2)10-13-4-5-18-10/h4-5,7-8,14H,3,6H2,1-2H3. The van der Waals surface area contributed by atoms with Crippen LogP contribution in [0.2, 0.25) is 0 Å². The molecule has 2 aromatic heterocycles. The van der Waals surface area contributed by atoms with Gasteiger partial charge in [0.15, 0.2) is 5.69 Å². The molecule has 0 amide bonds. The van der Waals surface area contributed by atoms with E-state index < -0.39 is 0 Å². The van der Waals surface area contributed by atoms with Crippen molar-refractivity contribution in [2.24, 2.45) is 0 Å². The fourth-order valence-corrected chi connectivity index (χ4v) is 2.90. The van der Waals surface area contributed by atoms with Gasteiger partial charge in [-0.1, -0.05) is 6.92 Å². The Morgan fingerprint density at radius 2 is 2.32 bits per heavy atom.